The van der Waals surface area contributed by atoms with E-state index in [4.69, 9.17) is 9.47 Å². The Bertz CT molecular complexity index is 1370. The molecule has 278 valence electrons. The van der Waals surface area contributed by atoms with Crippen LogP contribution in [0.3, 0.4) is 0 Å². The lowest BCUT2D eigenvalue weighted by molar-refractivity contribution is -0.151. The Labute approximate surface area is 296 Å². The second kappa shape index (κ2) is 18.1. The quantitative estimate of drug-likeness (QED) is 0.316. The summed E-state index contributed by atoms with van der Waals surface area (Å²) in [7, 11) is 2.02. The highest BCUT2D eigenvalue weighted by molar-refractivity contribution is 5.79. The molecule has 7 atom stereocenters. The first-order valence-electron chi connectivity index (χ1n) is 18.2. The topological polar surface area (TPSA) is 123 Å². The number of carbonyl (C=O) groups is 3. The number of amides is 2. The Kier molecular flexibility index (Phi) is 14.3. The minimum atomic E-state index is -0.899. The van der Waals surface area contributed by atoms with Gasteiger partial charge in [-0.15, -0.1) is 0 Å². The van der Waals surface area contributed by atoms with Crippen molar-refractivity contribution in [2.75, 3.05) is 64.3 Å². The Morgan fingerprint density at radius 2 is 1.68 bits per heavy atom. The average Bonchev–Trinajstić information content (AvgIpc) is 3.09. The molecule has 50 heavy (non-hydrogen) atoms. The SMILES string of the molecule is CC[C@@H](O)[C@@H](C)C(=O)N1CCN(c2cc(F)cc(/C=C(\C)[C@H]3OC(=O)C[C@@H](O)CC[C@@H](C)C(OC(=O)N4CCN(C)CC4)/C=C/[C@@H]3C)c2)CC1. The fourth-order valence-electron chi connectivity index (χ4n) is 6.83. The van der Waals surface area contributed by atoms with Crippen molar-refractivity contribution >= 4 is 29.7 Å². The van der Waals surface area contributed by atoms with Gasteiger partial charge in [0, 0.05) is 64.0 Å². The highest BCUT2D eigenvalue weighted by atomic mass is 19.1. The molecule has 0 aliphatic carbocycles. The van der Waals surface area contributed by atoms with Crippen LogP contribution in [-0.4, -0.2) is 127 Å². The zero-order valence-corrected chi connectivity index (χ0v) is 30.6. The molecule has 2 amide bonds. The molecule has 3 heterocycles. The van der Waals surface area contributed by atoms with Crippen molar-refractivity contribution in [2.45, 2.75) is 84.7 Å². The van der Waals surface area contributed by atoms with E-state index in [1.807, 2.05) is 57.9 Å². The average molecular weight is 701 g/mol. The van der Waals surface area contributed by atoms with E-state index in [1.165, 1.54) is 12.1 Å². The monoisotopic (exact) mass is 700 g/mol. The number of rotatable bonds is 7. The van der Waals surface area contributed by atoms with E-state index < -0.39 is 42.1 Å². The lowest BCUT2D eigenvalue weighted by Crippen LogP contribution is -2.51. The van der Waals surface area contributed by atoms with Gasteiger partial charge in [0.25, 0.3) is 0 Å². The Morgan fingerprint density at radius 3 is 2.34 bits per heavy atom. The summed E-state index contributed by atoms with van der Waals surface area (Å²) in [5.41, 5.74) is 1.97. The molecule has 2 fully saturated rings. The number of piperazine rings is 2. The molecule has 12 heteroatoms. The van der Waals surface area contributed by atoms with E-state index in [0.29, 0.717) is 75.4 Å². The van der Waals surface area contributed by atoms with Crippen LogP contribution in [0.2, 0.25) is 0 Å². The molecular formula is C38H57FN4O7. The number of halogens is 1. The number of benzene rings is 1. The predicted octanol–water partition coefficient (Wildman–Crippen LogP) is 4.32. The number of nitrogens with zero attached hydrogens (tertiary/aromatic N) is 4. The van der Waals surface area contributed by atoms with Crippen molar-refractivity contribution < 1.29 is 38.5 Å². The van der Waals surface area contributed by atoms with Crippen molar-refractivity contribution in [3.05, 3.63) is 47.3 Å². The number of aliphatic hydroxyl groups excluding tert-OH is 2. The van der Waals surface area contributed by atoms with E-state index in [9.17, 15) is 24.6 Å². The fourth-order valence-corrected chi connectivity index (χ4v) is 6.83. The van der Waals surface area contributed by atoms with Gasteiger partial charge in [0.15, 0.2) is 0 Å². The van der Waals surface area contributed by atoms with Crippen molar-refractivity contribution in [1.29, 1.82) is 0 Å². The first-order valence-corrected chi connectivity index (χ1v) is 18.2. The van der Waals surface area contributed by atoms with Crippen LogP contribution in [0.15, 0.2) is 35.9 Å². The Hall–Kier alpha value is -3.48. The molecule has 11 nitrogen and oxygen atoms in total. The maximum atomic E-state index is 15.0. The highest BCUT2D eigenvalue weighted by Crippen LogP contribution is 2.28. The van der Waals surface area contributed by atoms with Gasteiger partial charge < -0.3 is 39.3 Å². The van der Waals surface area contributed by atoms with E-state index in [0.717, 1.165) is 13.1 Å². The summed E-state index contributed by atoms with van der Waals surface area (Å²) < 4.78 is 27.0. The molecule has 4 rings (SSSR count). The summed E-state index contributed by atoms with van der Waals surface area (Å²) in [6.07, 6.45) is 3.65. The molecule has 2 N–H and O–H groups in total. The normalized spacial score (nSPS) is 28.2. The second-order valence-corrected chi connectivity index (χ2v) is 14.4. The molecule has 0 aromatic heterocycles. The standard InChI is InChI=1S/C38H57FN4O7/c1-7-33(45)28(5)37(47)42-18-16-41(17-19-42)31-22-29(21-30(39)23-31)20-27(4)36-26(3)9-11-34(25(2)8-10-32(44)24-35(46)50-36)49-38(48)43-14-12-40(6)13-15-43/h9,11,20-23,25-26,28,32-34,36,44-45H,7-8,10,12-19,24H2,1-6H3/b11-9+,27-20+/t25-,26+,28-,32+,33-,34?,36+/m1/s1. The van der Waals surface area contributed by atoms with E-state index >= 15 is 4.39 Å². The van der Waals surface area contributed by atoms with Gasteiger partial charge in [-0.1, -0.05) is 39.8 Å². The number of hydrogen-bond acceptors (Lipinski definition) is 9. The fraction of sp³-hybridized carbons (Fsp3) is 0.658. The predicted molar refractivity (Wildman–Crippen MR) is 191 cm³/mol. The molecule has 1 aromatic rings. The molecule has 0 saturated carbocycles. The van der Waals surface area contributed by atoms with Gasteiger partial charge in [0.1, 0.15) is 18.0 Å². The number of carbonyl (C=O) groups excluding carboxylic acids is 3. The molecular weight excluding hydrogens is 643 g/mol. The largest absolute Gasteiger partial charge is 0.457 e. The van der Waals surface area contributed by atoms with Crippen LogP contribution >= 0.6 is 0 Å². The molecule has 3 aliphatic rings. The summed E-state index contributed by atoms with van der Waals surface area (Å²) in [6, 6.07) is 4.78. The van der Waals surface area contributed by atoms with Crippen LogP contribution < -0.4 is 4.90 Å². The molecule has 3 aliphatic heterocycles. The van der Waals surface area contributed by atoms with Crippen molar-refractivity contribution in [3.63, 3.8) is 0 Å². The van der Waals surface area contributed by atoms with E-state index in [2.05, 4.69) is 4.90 Å². The van der Waals surface area contributed by atoms with Crippen molar-refractivity contribution in [1.82, 2.24) is 14.7 Å². The van der Waals surface area contributed by atoms with Crippen molar-refractivity contribution in [2.24, 2.45) is 17.8 Å². The number of ether oxygens (including phenoxy) is 2. The molecule has 0 radical (unpaired) electrons. The molecule has 2 saturated heterocycles. The summed E-state index contributed by atoms with van der Waals surface area (Å²) in [5.74, 6) is -1.89. The number of esters is 1. The zero-order chi connectivity index (χ0) is 36.5. The number of hydrogen-bond donors (Lipinski definition) is 2. The third-order valence-corrected chi connectivity index (χ3v) is 10.3. The number of aliphatic hydroxyl groups is 2. The summed E-state index contributed by atoms with van der Waals surface area (Å²) in [5, 5.41) is 20.8. The lowest BCUT2D eigenvalue weighted by Gasteiger charge is -2.37. The number of anilines is 1. The summed E-state index contributed by atoms with van der Waals surface area (Å²) in [4.78, 5) is 46.6. The molecule has 0 spiro atoms. The first kappa shape index (κ1) is 39.3. The van der Waals surface area contributed by atoms with E-state index in [-0.39, 0.29) is 30.3 Å². The summed E-state index contributed by atoms with van der Waals surface area (Å²) in [6.45, 7) is 14.1. The third-order valence-electron chi connectivity index (χ3n) is 10.3. The minimum Gasteiger partial charge on any atom is -0.457 e. The zero-order valence-electron chi connectivity index (χ0n) is 30.6. The van der Waals surface area contributed by atoms with Crippen LogP contribution in [0, 0.1) is 23.6 Å². The smallest absolute Gasteiger partial charge is 0.410 e. The highest BCUT2D eigenvalue weighted by Gasteiger charge is 2.31. The molecule has 0 bridgehead atoms. The van der Waals surface area contributed by atoms with E-state index in [1.54, 1.807) is 22.8 Å². The van der Waals surface area contributed by atoms with Crippen LogP contribution in [0.25, 0.3) is 6.08 Å². The summed E-state index contributed by atoms with van der Waals surface area (Å²) >= 11 is 0. The third kappa shape index (κ3) is 10.8. The molecule has 1 aromatic carbocycles. The van der Waals surface area contributed by atoms with Gasteiger partial charge in [0.2, 0.25) is 5.91 Å². The first-order chi connectivity index (χ1) is 23.7. The maximum Gasteiger partial charge on any atom is 0.410 e. The minimum absolute atomic E-state index is 0.0753. The maximum absolute atomic E-state index is 15.0. The lowest BCUT2D eigenvalue weighted by atomic mass is 9.91. The Balaban J connectivity index is 1.51. The van der Waals surface area contributed by atoms with Gasteiger partial charge in [-0.2, -0.15) is 0 Å². The van der Waals surface area contributed by atoms with Gasteiger partial charge in [-0.25, -0.2) is 9.18 Å². The van der Waals surface area contributed by atoms with Crippen LogP contribution in [-0.2, 0) is 19.1 Å². The van der Waals surface area contributed by atoms with Gasteiger partial charge >= 0.3 is 12.1 Å². The van der Waals surface area contributed by atoms with Gasteiger partial charge in [0.05, 0.1) is 24.5 Å². The van der Waals surface area contributed by atoms with Crippen LogP contribution in [0.4, 0.5) is 14.9 Å². The van der Waals surface area contributed by atoms with Crippen LogP contribution in [0.1, 0.15) is 65.9 Å². The van der Waals surface area contributed by atoms with Crippen molar-refractivity contribution in [3.8, 4) is 0 Å². The van der Waals surface area contributed by atoms with Crippen LogP contribution in [0.5, 0.6) is 0 Å². The number of cyclic esters (lactones) is 1. The molecule has 1 unspecified atom stereocenters. The Morgan fingerprint density at radius 1 is 1.02 bits per heavy atom. The second-order valence-electron chi connectivity index (χ2n) is 14.4. The van der Waals surface area contributed by atoms with Gasteiger partial charge in [-0.05, 0) is 74.6 Å². The number of likely N-dealkylation sites (N-methyl/N-ethyl adjacent to an activating group) is 1. The van der Waals surface area contributed by atoms with Gasteiger partial charge in [-0.3, -0.25) is 9.59 Å².